The summed E-state index contributed by atoms with van der Waals surface area (Å²) in [5.41, 5.74) is 5.07. The summed E-state index contributed by atoms with van der Waals surface area (Å²) in [5, 5.41) is 13.3. The topological polar surface area (TPSA) is 112 Å². The third-order valence-corrected chi connectivity index (χ3v) is 8.84. The van der Waals surface area contributed by atoms with Crippen LogP contribution in [0.2, 0.25) is 0 Å². The minimum atomic E-state index is -0.535. The molecule has 6 aromatic rings. The first-order chi connectivity index (χ1) is 23.4. The highest BCUT2D eigenvalue weighted by Gasteiger charge is 2.23. The number of nitrogens with one attached hydrogen (secondary N) is 1. The highest BCUT2D eigenvalue weighted by molar-refractivity contribution is 6.01. The van der Waals surface area contributed by atoms with Crippen LogP contribution in [0.5, 0.6) is 0 Å². The van der Waals surface area contributed by atoms with Gasteiger partial charge in [-0.3, -0.25) is 23.7 Å². The second kappa shape index (κ2) is 13.3. The molecule has 0 unspecified atom stereocenters. The van der Waals surface area contributed by atoms with Gasteiger partial charge in [-0.1, -0.05) is 42.2 Å². The maximum Gasteiger partial charge on any atom is 0.264 e. The van der Waals surface area contributed by atoms with Crippen molar-refractivity contribution in [3.05, 3.63) is 123 Å². The van der Waals surface area contributed by atoms with E-state index in [0.717, 1.165) is 55.9 Å². The summed E-state index contributed by atoms with van der Waals surface area (Å²) in [7, 11) is 1.94. The first-order valence-electron chi connectivity index (χ1n) is 16.1. The van der Waals surface area contributed by atoms with Crippen LogP contribution in [0.15, 0.2) is 84.0 Å². The summed E-state index contributed by atoms with van der Waals surface area (Å²) >= 11 is 0. The summed E-state index contributed by atoms with van der Waals surface area (Å²) in [6.45, 7) is 7.91. The Hall–Kier alpha value is -5.57. The Morgan fingerprint density at radius 1 is 1.04 bits per heavy atom. The summed E-state index contributed by atoms with van der Waals surface area (Å²) in [5.74, 6) is 6.30. The molecular weight excluding hydrogens is 604 g/mol. The van der Waals surface area contributed by atoms with Crippen LogP contribution >= 0.6 is 0 Å². The van der Waals surface area contributed by atoms with E-state index in [4.69, 9.17) is 4.74 Å². The molecule has 1 fully saturated rings. The third-order valence-electron chi connectivity index (χ3n) is 8.84. The Bertz CT molecular complexity index is 2250. The minimum Gasteiger partial charge on any atom is -0.379 e. The SMILES string of the molecule is Cc1nn2cccnc2c1C(=O)N[C@@H](C)c1cc2cccc(C#Cc3cnn(C)c3CCN3CCOCC3)c2c(=O)n1-c1ccccc1. The van der Waals surface area contributed by atoms with Gasteiger partial charge in [0.25, 0.3) is 11.5 Å². The van der Waals surface area contributed by atoms with E-state index in [1.165, 1.54) is 0 Å². The Labute approximate surface area is 277 Å². The number of pyridine rings is 1. The largest absolute Gasteiger partial charge is 0.379 e. The summed E-state index contributed by atoms with van der Waals surface area (Å²) in [6, 6.07) is 18.3. The number of morpholine rings is 1. The Morgan fingerprint density at radius 3 is 2.65 bits per heavy atom. The normalized spacial score (nSPS) is 14.1. The van der Waals surface area contributed by atoms with Crippen molar-refractivity contribution in [1.82, 2.24) is 39.2 Å². The fourth-order valence-corrected chi connectivity index (χ4v) is 6.34. The fraction of sp³-hybridized carbons (Fsp3) is 0.270. The number of carbonyl (C=O) groups excluding carboxylic acids is 1. The van der Waals surface area contributed by atoms with Crippen LogP contribution in [-0.2, 0) is 18.2 Å². The van der Waals surface area contributed by atoms with Crippen LogP contribution in [0.3, 0.4) is 0 Å². The van der Waals surface area contributed by atoms with Gasteiger partial charge in [0.1, 0.15) is 5.56 Å². The van der Waals surface area contributed by atoms with Gasteiger partial charge >= 0.3 is 0 Å². The Kier molecular flexibility index (Phi) is 8.59. The molecule has 0 saturated carbocycles. The molecule has 1 amide bonds. The summed E-state index contributed by atoms with van der Waals surface area (Å²) < 4.78 is 10.6. The van der Waals surface area contributed by atoms with Crippen molar-refractivity contribution in [3.63, 3.8) is 0 Å². The van der Waals surface area contributed by atoms with Gasteiger partial charge in [-0.15, -0.1) is 0 Å². The van der Waals surface area contributed by atoms with Crippen molar-refractivity contribution in [1.29, 1.82) is 0 Å². The van der Waals surface area contributed by atoms with E-state index < -0.39 is 6.04 Å². The minimum absolute atomic E-state index is 0.216. The lowest BCUT2D eigenvalue weighted by Crippen LogP contribution is -2.37. The van der Waals surface area contributed by atoms with E-state index >= 15 is 0 Å². The molecule has 11 heteroatoms. The number of aromatic nitrogens is 6. The smallest absolute Gasteiger partial charge is 0.264 e. The monoisotopic (exact) mass is 640 g/mol. The molecule has 0 radical (unpaired) electrons. The summed E-state index contributed by atoms with van der Waals surface area (Å²) in [4.78, 5) is 34.9. The predicted molar refractivity (Wildman–Crippen MR) is 183 cm³/mol. The van der Waals surface area contributed by atoms with Crippen LogP contribution < -0.4 is 10.9 Å². The molecular formula is C37H36N8O3. The van der Waals surface area contributed by atoms with Gasteiger partial charge in [0.05, 0.1) is 47.8 Å². The maximum atomic E-state index is 14.5. The van der Waals surface area contributed by atoms with Crippen molar-refractivity contribution >= 4 is 22.3 Å². The molecule has 4 aromatic heterocycles. The van der Waals surface area contributed by atoms with E-state index in [2.05, 4.69) is 37.2 Å². The number of hydrogen-bond donors (Lipinski definition) is 1. The van der Waals surface area contributed by atoms with Crippen LogP contribution in [0.25, 0.3) is 22.1 Å². The molecule has 1 aliphatic heterocycles. The Balaban J connectivity index is 1.26. The standard InChI is InChI=1S/C37H36N8O3/c1-25(40-36(46)33-26(2)41-44-17-8-16-38-35(33)44)32-23-28-10-7-9-27(34(28)37(47)45(32)30-11-5-4-6-12-30)13-14-29-24-39-42(3)31(29)15-18-43-19-21-48-22-20-43/h4-12,16-17,23-25H,15,18-22H2,1-3H3,(H,40,46)/t25-/m0/s1. The molecule has 1 saturated heterocycles. The quantitative estimate of drug-likeness (QED) is 0.264. The van der Waals surface area contributed by atoms with Crippen LogP contribution in [-0.4, -0.2) is 72.6 Å². The first kappa shape index (κ1) is 31.1. The molecule has 0 spiro atoms. The van der Waals surface area contributed by atoms with Crippen LogP contribution in [0, 0.1) is 18.8 Å². The first-order valence-corrected chi connectivity index (χ1v) is 16.1. The number of benzene rings is 2. The van der Waals surface area contributed by atoms with Gasteiger partial charge in [0, 0.05) is 62.4 Å². The summed E-state index contributed by atoms with van der Waals surface area (Å²) in [6.07, 6.45) is 5.99. The number of para-hydroxylation sites is 1. The molecule has 1 aliphatic rings. The number of carbonyl (C=O) groups is 1. The van der Waals surface area contributed by atoms with Gasteiger partial charge in [-0.25, -0.2) is 9.50 Å². The Morgan fingerprint density at radius 2 is 1.83 bits per heavy atom. The van der Waals surface area contributed by atoms with E-state index in [9.17, 15) is 9.59 Å². The van der Waals surface area contributed by atoms with Crippen molar-refractivity contribution in [2.45, 2.75) is 26.3 Å². The average Bonchev–Trinajstić information content (AvgIpc) is 3.64. The van der Waals surface area contributed by atoms with E-state index in [0.29, 0.717) is 39.2 Å². The van der Waals surface area contributed by atoms with Gasteiger partial charge in [-0.05, 0) is 49.6 Å². The highest BCUT2D eigenvalue weighted by Crippen LogP contribution is 2.24. The number of fused-ring (bicyclic) bond motifs is 2. The van der Waals surface area contributed by atoms with Crippen LogP contribution in [0.1, 0.15) is 51.5 Å². The lowest BCUT2D eigenvalue weighted by Gasteiger charge is -2.26. The number of nitrogens with zero attached hydrogens (tertiary/aromatic N) is 7. The van der Waals surface area contributed by atoms with E-state index in [-0.39, 0.29) is 11.5 Å². The molecule has 48 heavy (non-hydrogen) atoms. The lowest BCUT2D eigenvalue weighted by atomic mass is 10.0. The maximum absolute atomic E-state index is 14.5. The van der Waals surface area contributed by atoms with Crippen molar-refractivity contribution in [2.75, 3.05) is 32.8 Å². The molecule has 0 aliphatic carbocycles. The molecule has 7 rings (SSSR count). The molecule has 0 bridgehead atoms. The molecule has 11 nitrogen and oxygen atoms in total. The fourth-order valence-electron chi connectivity index (χ4n) is 6.34. The van der Waals surface area contributed by atoms with E-state index in [1.54, 1.807) is 40.7 Å². The number of rotatable bonds is 7. The predicted octanol–water partition coefficient (Wildman–Crippen LogP) is 3.84. The second-order valence-corrected chi connectivity index (χ2v) is 11.9. The average molecular weight is 641 g/mol. The van der Waals surface area contributed by atoms with Gasteiger partial charge < -0.3 is 10.1 Å². The molecule has 242 valence electrons. The zero-order chi connectivity index (χ0) is 33.2. The number of ether oxygens (including phenoxy) is 1. The zero-order valence-electron chi connectivity index (χ0n) is 27.2. The highest BCUT2D eigenvalue weighted by atomic mass is 16.5. The number of aryl methyl sites for hydroxylation is 2. The van der Waals surface area contributed by atoms with Gasteiger partial charge in [0.15, 0.2) is 5.65 Å². The lowest BCUT2D eigenvalue weighted by molar-refractivity contribution is 0.0382. The zero-order valence-corrected chi connectivity index (χ0v) is 27.2. The van der Waals surface area contributed by atoms with Crippen molar-refractivity contribution < 1.29 is 9.53 Å². The number of amides is 1. The van der Waals surface area contributed by atoms with Crippen molar-refractivity contribution in [3.8, 4) is 17.5 Å². The molecule has 2 aromatic carbocycles. The third kappa shape index (κ3) is 5.99. The van der Waals surface area contributed by atoms with Gasteiger partial charge in [0.2, 0.25) is 0 Å². The number of hydrogen-bond acceptors (Lipinski definition) is 7. The molecule has 1 atom stereocenters. The molecule has 1 N–H and O–H groups in total. The second-order valence-electron chi connectivity index (χ2n) is 11.9. The molecule has 5 heterocycles. The van der Waals surface area contributed by atoms with Crippen LogP contribution in [0.4, 0.5) is 0 Å². The van der Waals surface area contributed by atoms with E-state index in [1.807, 2.05) is 73.3 Å². The van der Waals surface area contributed by atoms with Gasteiger partial charge in [-0.2, -0.15) is 10.2 Å². The van der Waals surface area contributed by atoms with Crippen molar-refractivity contribution in [2.24, 2.45) is 7.05 Å².